The van der Waals surface area contributed by atoms with E-state index in [1.165, 1.54) is 42.6 Å². The van der Waals surface area contributed by atoms with Crippen molar-refractivity contribution in [3.63, 3.8) is 0 Å². The van der Waals surface area contributed by atoms with Gasteiger partial charge in [0.25, 0.3) is 0 Å². The van der Waals surface area contributed by atoms with Crippen LogP contribution in [0.5, 0.6) is 0 Å². The lowest BCUT2D eigenvalue weighted by Crippen LogP contribution is -2.47. The highest BCUT2D eigenvalue weighted by atomic mass is 32.2. The summed E-state index contributed by atoms with van der Waals surface area (Å²) in [5.41, 5.74) is 2.95. The number of hydrogen-bond donors (Lipinski definition) is 1. The molecule has 0 radical (unpaired) electrons. The average molecular weight is 288 g/mol. The Kier molecular flexibility index (Phi) is 4.06. The van der Waals surface area contributed by atoms with E-state index >= 15 is 0 Å². The van der Waals surface area contributed by atoms with Crippen LogP contribution >= 0.6 is 11.8 Å². The number of aliphatic imine (C=N–C) groups is 1. The zero-order valence-corrected chi connectivity index (χ0v) is 13.3. The molecule has 1 aliphatic carbocycles. The second-order valence-electron chi connectivity index (χ2n) is 6.50. The molecule has 2 aliphatic rings. The maximum atomic E-state index is 4.77. The van der Waals surface area contributed by atoms with Crippen molar-refractivity contribution >= 4 is 16.9 Å². The van der Waals surface area contributed by atoms with Gasteiger partial charge in [0, 0.05) is 11.3 Å². The fraction of sp³-hybridized carbons (Fsp3) is 0.588. The molecule has 1 aromatic rings. The van der Waals surface area contributed by atoms with Crippen molar-refractivity contribution in [3.8, 4) is 0 Å². The van der Waals surface area contributed by atoms with Crippen molar-refractivity contribution < 1.29 is 0 Å². The van der Waals surface area contributed by atoms with Gasteiger partial charge in [-0.1, -0.05) is 61.4 Å². The summed E-state index contributed by atoms with van der Waals surface area (Å²) < 4.78 is 0. The fourth-order valence-electron chi connectivity index (χ4n) is 3.35. The standard InChI is InChI=1S/C17H24N2S/c1-13-5-7-15(8-6-13)11-18-16-19-17(12-20-16)9-3-4-14(2)10-17/h5-8,14H,3-4,9-12H2,1-2H3,(H,18,19). The Morgan fingerprint density at radius 1 is 1.35 bits per heavy atom. The van der Waals surface area contributed by atoms with E-state index in [2.05, 4.69) is 43.4 Å². The van der Waals surface area contributed by atoms with E-state index in [1.807, 2.05) is 11.8 Å². The summed E-state index contributed by atoms with van der Waals surface area (Å²) in [5.74, 6) is 2.05. The number of benzene rings is 1. The van der Waals surface area contributed by atoms with Crippen molar-refractivity contribution in [3.05, 3.63) is 35.4 Å². The molecule has 3 rings (SSSR count). The van der Waals surface area contributed by atoms with E-state index in [0.717, 1.165) is 17.6 Å². The predicted molar refractivity (Wildman–Crippen MR) is 88.3 cm³/mol. The molecule has 1 aliphatic heterocycles. The summed E-state index contributed by atoms with van der Waals surface area (Å²) in [7, 11) is 0. The molecule has 2 unspecified atom stereocenters. The van der Waals surface area contributed by atoms with Crippen molar-refractivity contribution in [2.24, 2.45) is 10.9 Å². The molecule has 0 amide bonds. The van der Waals surface area contributed by atoms with Gasteiger partial charge in [-0.15, -0.1) is 0 Å². The van der Waals surface area contributed by atoms with Gasteiger partial charge in [0.1, 0.15) is 0 Å². The summed E-state index contributed by atoms with van der Waals surface area (Å²) >= 11 is 1.91. The molecule has 1 spiro atoms. The van der Waals surface area contributed by atoms with E-state index in [9.17, 15) is 0 Å². The molecule has 1 saturated heterocycles. The molecule has 108 valence electrons. The van der Waals surface area contributed by atoms with Gasteiger partial charge in [-0.05, 0) is 31.2 Å². The zero-order valence-electron chi connectivity index (χ0n) is 12.5. The summed E-state index contributed by atoms with van der Waals surface area (Å²) in [5, 5.41) is 4.88. The number of nitrogens with zero attached hydrogens (tertiary/aromatic N) is 1. The molecule has 3 heteroatoms. The van der Waals surface area contributed by atoms with Gasteiger partial charge in [0.15, 0.2) is 5.17 Å². The van der Waals surface area contributed by atoms with Gasteiger partial charge in [0.05, 0.1) is 6.54 Å². The third-order valence-electron chi connectivity index (χ3n) is 4.47. The monoisotopic (exact) mass is 288 g/mol. The summed E-state index contributed by atoms with van der Waals surface area (Å²) in [6, 6.07) is 8.68. The van der Waals surface area contributed by atoms with Crippen LogP contribution in [0, 0.1) is 12.8 Å². The van der Waals surface area contributed by atoms with Gasteiger partial charge < -0.3 is 5.32 Å². The minimum absolute atomic E-state index is 0.342. The first-order valence-corrected chi connectivity index (χ1v) is 8.65. The van der Waals surface area contributed by atoms with Crippen LogP contribution in [-0.4, -0.2) is 16.5 Å². The quantitative estimate of drug-likeness (QED) is 0.884. The number of amidine groups is 1. The third-order valence-corrected chi connectivity index (χ3v) is 5.68. The van der Waals surface area contributed by atoms with E-state index in [-0.39, 0.29) is 0 Å². The lowest BCUT2D eigenvalue weighted by molar-refractivity contribution is 0.242. The molecule has 0 aromatic heterocycles. The van der Waals surface area contributed by atoms with Gasteiger partial charge in [-0.2, -0.15) is 0 Å². The normalized spacial score (nSPS) is 31.7. The predicted octanol–water partition coefficient (Wildman–Crippen LogP) is 4.14. The molecule has 1 N–H and O–H groups in total. The number of hydrogen-bond acceptors (Lipinski definition) is 2. The maximum absolute atomic E-state index is 4.77. The largest absolute Gasteiger partial charge is 0.359 e. The highest BCUT2D eigenvalue weighted by Gasteiger charge is 2.40. The maximum Gasteiger partial charge on any atom is 0.157 e. The fourth-order valence-corrected chi connectivity index (χ4v) is 4.54. The second-order valence-corrected chi connectivity index (χ2v) is 7.47. The Balaban J connectivity index is 1.61. The lowest BCUT2D eigenvalue weighted by Gasteiger charge is -2.36. The topological polar surface area (TPSA) is 24.4 Å². The van der Waals surface area contributed by atoms with Crippen LogP contribution in [0.2, 0.25) is 0 Å². The minimum Gasteiger partial charge on any atom is -0.359 e. The van der Waals surface area contributed by atoms with E-state index in [0.29, 0.717) is 5.54 Å². The second kappa shape index (κ2) is 5.80. The van der Waals surface area contributed by atoms with Crippen LogP contribution in [-0.2, 0) is 6.54 Å². The minimum atomic E-state index is 0.342. The van der Waals surface area contributed by atoms with Gasteiger partial charge in [0.2, 0.25) is 0 Å². The smallest absolute Gasteiger partial charge is 0.157 e. The first-order chi connectivity index (χ1) is 9.65. The van der Waals surface area contributed by atoms with Gasteiger partial charge >= 0.3 is 0 Å². The number of nitrogens with one attached hydrogen (secondary N) is 1. The van der Waals surface area contributed by atoms with Crippen LogP contribution in [0.1, 0.15) is 43.7 Å². The zero-order chi connectivity index (χ0) is 14.0. The molecule has 2 fully saturated rings. The van der Waals surface area contributed by atoms with Gasteiger partial charge in [-0.25, -0.2) is 0 Å². The van der Waals surface area contributed by atoms with E-state index < -0.39 is 0 Å². The molecule has 1 heterocycles. The Labute approximate surface area is 126 Å². The first-order valence-electron chi connectivity index (χ1n) is 7.66. The highest BCUT2D eigenvalue weighted by Crippen LogP contribution is 2.38. The molecule has 0 bridgehead atoms. The summed E-state index contributed by atoms with van der Waals surface area (Å²) in [4.78, 5) is 4.77. The Hall–Kier alpha value is -0.960. The molecular formula is C17H24N2S. The lowest BCUT2D eigenvalue weighted by atomic mass is 9.78. The van der Waals surface area contributed by atoms with Crippen LogP contribution in [0.25, 0.3) is 0 Å². The molecule has 1 aromatic carbocycles. The number of aryl methyl sites for hydroxylation is 1. The number of rotatable bonds is 2. The summed E-state index contributed by atoms with van der Waals surface area (Å²) in [6.45, 7) is 5.30. The van der Waals surface area contributed by atoms with Crippen molar-refractivity contribution in [2.75, 3.05) is 5.75 Å². The van der Waals surface area contributed by atoms with Crippen molar-refractivity contribution in [1.82, 2.24) is 5.32 Å². The van der Waals surface area contributed by atoms with Crippen LogP contribution in [0.3, 0.4) is 0 Å². The molecule has 2 nitrogen and oxygen atoms in total. The van der Waals surface area contributed by atoms with Crippen molar-refractivity contribution in [2.45, 2.75) is 51.6 Å². The Morgan fingerprint density at radius 2 is 2.15 bits per heavy atom. The van der Waals surface area contributed by atoms with E-state index in [1.54, 1.807) is 0 Å². The summed E-state index contributed by atoms with van der Waals surface area (Å²) in [6.07, 6.45) is 5.38. The van der Waals surface area contributed by atoms with Crippen molar-refractivity contribution in [1.29, 1.82) is 0 Å². The van der Waals surface area contributed by atoms with Crippen LogP contribution in [0.4, 0.5) is 0 Å². The van der Waals surface area contributed by atoms with Gasteiger partial charge in [-0.3, -0.25) is 4.99 Å². The molecule has 1 saturated carbocycles. The SMILES string of the molecule is Cc1ccc(CN=C2NC3(CCCC(C)C3)CS2)cc1. The van der Waals surface area contributed by atoms with Crippen LogP contribution in [0.15, 0.2) is 29.3 Å². The highest BCUT2D eigenvalue weighted by molar-refractivity contribution is 8.14. The Morgan fingerprint density at radius 3 is 2.90 bits per heavy atom. The molecule has 20 heavy (non-hydrogen) atoms. The average Bonchev–Trinajstić information content (AvgIpc) is 2.81. The third kappa shape index (κ3) is 3.20. The number of thioether (sulfide) groups is 1. The van der Waals surface area contributed by atoms with E-state index in [4.69, 9.17) is 4.99 Å². The Bertz CT molecular complexity index is 494. The first kappa shape index (κ1) is 14.0. The van der Waals surface area contributed by atoms with Crippen LogP contribution < -0.4 is 5.32 Å². The molecular weight excluding hydrogens is 264 g/mol. The molecule has 2 atom stereocenters.